The topological polar surface area (TPSA) is 12.9 Å². The minimum Gasteiger partial charge on any atom is -0.449 e. The first-order valence-electron chi connectivity index (χ1n) is 3.82. The molecule has 1 rings (SSSR count). The van der Waals surface area contributed by atoms with Gasteiger partial charge in [-0.15, -0.1) is 0 Å². The minimum atomic E-state index is -5.03. The van der Waals surface area contributed by atoms with E-state index in [9.17, 15) is 21.7 Å². The molecule has 0 radical (unpaired) electrons. The van der Waals surface area contributed by atoms with Gasteiger partial charge in [-0.1, -0.05) is 0 Å². The molecule has 0 amide bonds. The smallest absolute Gasteiger partial charge is 0.449 e. The van der Waals surface area contributed by atoms with E-state index in [-0.39, 0.29) is 5.69 Å². The van der Waals surface area contributed by atoms with E-state index >= 15 is 0 Å². The number of nitrogens with zero attached hydrogens (tertiary/aromatic N) is 1. The molecule has 0 aliphatic heterocycles. The number of alkyl halides is 2. The Labute approximate surface area is 77.0 Å². The van der Waals surface area contributed by atoms with Crippen molar-refractivity contribution in [3.8, 4) is 0 Å². The van der Waals surface area contributed by atoms with Crippen LogP contribution in [0.5, 0.6) is 0 Å². The Morgan fingerprint density at radius 3 is 2.43 bits per heavy atom. The molecule has 0 aliphatic carbocycles. The van der Waals surface area contributed by atoms with E-state index in [4.69, 9.17) is 0 Å². The normalized spacial score (nSPS) is 12.1. The molecule has 0 fully saturated rings. The fraction of sp³-hybridized carbons (Fsp3) is 0.286. The van der Waals surface area contributed by atoms with E-state index in [1.165, 1.54) is 0 Å². The van der Waals surface area contributed by atoms with Gasteiger partial charge in [0.1, 0.15) is 0 Å². The van der Waals surface area contributed by atoms with Crippen LogP contribution in [0.3, 0.4) is 0 Å². The van der Waals surface area contributed by atoms with Crippen molar-refractivity contribution in [3.05, 3.63) is 29.6 Å². The predicted octanol–water partition coefficient (Wildman–Crippen LogP) is 2.95. The Morgan fingerprint density at radius 1 is 1.29 bits per heavy atom. The minimum absolute atomic E-state index is 0.365. The van der Waals surface area contributed by atoms with Crippen molar-refractivity contribution in [2.24, 2.45) is 0 Å². The lowest BCUT2D eigenvalue weighted by atomic mass is 9.84. The van der Waals surface area contributed by atoms with Gasteiger partial charge in [0.25, 0.3) is 6.43 Å². The van der Waals surface area contributed by atoms with Gasteiger partial charge in [0.15, 0.2) is 0 Å². The first kappa shape index (κ1) is 10.9. The molecule has 0 saturated carbocycles. The lowest BCUT2D eigenvalue weighted by Crippen LogP contribution is -2.20. The monoisotopic (exact) mass is 210 g/mol. The molecule has 0 aliphatic rings. The molecular weight excluding hydrogens is 204 g/mol. The summed E-state index contributed by atoms with van der Waals surface area (Å²) >= 11 is 0. The van der Waals surface area contributed by atoms with Gasteiger partial charge in [-0.05, 0) is 18.5 Å². The molecule has 0 N–H and O–H groups in total. The average molecular weight is 210 g/mol. The summed E-state index contributed by atoms with van der Waals surface area (Å²) in [7, 11) is 0. The molecule has 0 atom stereocenters. The summed E-state index contributed by atoms with van der Waals surface area (Å²) in [5.41, 5.74) is -0.801. The van der Waals surface area contributed by atoms with Crippen molar-refractivity contribution >= 4 is 6.98 Å². The Bertz CT molecular complexity index is 311. The Kier molecular flexibility index (Phi) is 3.08. The van der Waals surface area contributed by atoms with Crippen molar-refractivity contribution < 1.29 is 21.7 Å². The number of hydrogen-bond donors (Lipinski definition) is 0. The standard InChI is InChI=1S/C7H6BF5N/c9-7(10)5-1-2-14-6(3-5)4-8(11,12)13/h1-3,7H,4H2/q-1. The van der Waals surface area contributed by atoms with Gasteiger partial charge in [0.2, 0.25) is 0 Å². The van der Waals surface area contributed by atoms with Crippen LogP contribution < -0.4 is 0 Å². The molecule has 1 aromatic rings. The number of hydrogen-bond acceptors (Lipinski definition) is 1. The van der Waals surface area contributed by atoms with Crippen LogP contribution in [0, 0.1) is 0 Å². The third-order valence-electron chi connectivity index (χ3n) is 1.53. The third kappa shape index (κ3) is 3.31. The Morgan fingerprint density at radius 2 is 1.93 bits per heavy atom. The molecule has 0 saturated heterocycles. The number of rotatable bonds is 3. The first-order valence-corrected chi connectivity index (χ1v) is 3.82. The highest BCUT2D eigenvalue weighted by atomic mass is 19.4. The predicted molar refractivity (Wildman–Crippen MR) is 42.0 cm³/mol. The summed E-state index contributed by atoms with van der Waals surface area (Å²) < 4.78 is 59.9. The summed E-state index contributed by atoms with van der Waals surface area (Å²) in [5.74, 6) is 0. The second-order valence-corrected chi connectivity index (χ2v) is 2.80. The lowest BCUT2D eigenvalue weighted by molar-refractivity contribution is 0.151. The maximum Gasteiger partial charge on any atom is 0.484 e. The van der Waals surface area contributed by atoms with Gasteiger partial charge in [-0.3, -0.25) is 4.98 Å². The molecule has 1 heterocycles. The Hall–Kier alpha value is -1.14. The van der Waals surface area contributed by atoms with Crippen LogP contribution in [0.1, 0.15) is 17.7 Å². The molecule has 0 spiro atoms. The highest BCUT2D eigenvalue weighted by Crippen LogP contribution is 2.21. The van der Waals surface area contributed by atoms with Crippen molar-refractivity contribution in [2.45, 2.75) is 12.7 Å². The fourth-order valence-electron chi connectivity index (χ4n) is 0.981. The third-order valence-corrected chi connectivity index (χ3v) is 1.53. The van der Waals surface area contributed by atoms with E-state index < -0.39 is 25.3 Å². The molecular formula is C7H6BF5N-. The summed E-state index contributed by atoms with van der Waals surface area (Å²) in [6.07, 6.45) is -3.03. The van der Waals surface area contributed by atoms with Crippen LogP contribution >= 0.6 is 0 Å². The summed E-state index contributed by atoms with van der Waals surface area (Å²) in [5, 5.41) is 0. The zero-order valence-corrected chi connectivity index (χ0v) is 6.93. The van der Waals surface area contributed by atoms with Crippen LogP contribution in [0.2, 0.25) is 0 Å². The molecule has 0 bridgehead atoms. The molecule has 0 aromatic carbocycles. The van der Waals surface area contributed by atoms with Crippen LogP contribution in [0.4, 0.5) is 21.7 Å². The highest BCUT2D eigenvalue weighted by Gasteiger charge is 2.24. The van der Waals surface area contributed by atoms with E-state index in [0.717, 1.165) is 18.3 Å². The SMILES string of the molecule is FC(F)c1ccnc(C[B-](F)(F)F)c1. The van der Waals surface area contributed by atoms with Gasteiger partial charge >= 0.3 is 6.98 Å². The zero-order valence-electron chi connectivity index (χ0n) is 6.93. The highest BCUT2D eigenvalue weighted by molar-refractivity contribution is 6.57. The van der Waals surface area contributed by atoms with Crippen molar-refractivity contribution in [1.82, 2.24) is 4.98 Å². The Balaban J connectivity index is 2.84. The lowest BCUT2D eigenvalue weighted by Gasteiger charge is -2.12. The van der Waals surface area contributed by atoms with Gasteiger partial charge < -0.3 is 12.9 Å². The van der Waals surface area contributed by atoms with Gasteiger partial charge in [-0.2, -0.15) is 0 Å². The van der Waals surface area contributed by atoms with Crippen LogP contribution in [0.25, 0.3) is 0 Å². The van der Waals surface area contributed by atoms with Gasteiger partial charge in [0.05, 0.1) is 0 Å². The quantitative estimate of drug-likeness (QED) is 0.551. The second-order valence-electron chi connectivity index (χ2n) is 2.80. The summed E-state index contributed by atoms with van der Waals surface area (Å²) in [6, 6.07) is 1.78. The average Bonchev–Trinajstić information content (AvgIpc) is 2.01. The second kappa shape index (κ2) is 3.94. The molecule has 1 aromatic heterocycles. The maximum absolute atomic E-state index is 12.1. The van der Waals surface area contributed by atoms with Crippen molar-refractivity contribution in [3.63, 3.8) is 0 Å². The number of halogens is 5. The largest absolute Gasteiger partial charge is 0.484 e. The van der Waals surface area contributed by atoms with E-state index in [1.807, 2.05) is 0 Å². The van der Waals surface area contributed by atoms with Crippen LogP contribution in [0.15, 0.2) is 18.3 Å². The van der Waals surface area contributed by atoms with Gasteiger partial charge in [-0.25, -0.2) is 8.78 Å². The van der Waals surface area contributed by atoms with Crippen molar-refractivity contribution in [1.29, 1.82) is 0 Å². The molecule has 14 heavy (non-hydrogen) atoms. The zero-order chi connectivity index (χ0) is 10.8. The maximum atomic E-state index is 12.1. The van der Waals surface area contributed by atoms with Crippen LogP contribution in [-0.2, 0) is 6.32 Å². The van der Waals surface area contributed by atoms with Crippen LogP contribution in [-0.4, -0.2) is 12.0 Å². The molecule has 1 nitrogen and oxygen atoms in total. The number of aromatic nitrogens is 1. The fourth-order valence-corrected chi connectivity index (χ4v) is 0.981. The van der Waals surface area contributed by atoms with E-state index in [1.54, 1.807) is 0 Å². The van der Waals surface area contributed by atoms with Crippen molar-refractivity contribution in [2.75, 3.05) is 0 Å². The first-order chi connectivity index (χ1) is 6.38. The summed E-state index contributed by atoms with van der Waals surface area (Å²) in [6.45, 7) is -5.03. The van der Waals surface area contributed by atoms with Gasteiger partial charge in [0, 0.05) is 17.5 Å². The summed E-state index contributed by atoms with van der Waals surface area (Å²) in [4.78, 5) is 3.37. The molecule has 78 valence electrons. The number of pyridine rings is 1. The van der Waals surface area contributed by atoms with E-state index in [2.05, 4.69) is 4.98 Å². The van der Waals surface area contributed by atoms with E-state index in [0.29, 0.717) is 0 Å². The molecule has 0 unspecified atom stereocenters. The molecule has 7 heteroatoms.